The topological polar surface area (TPSA) is 23.5 Å². The van der Waals surface area contributed by atoms with E-state index in [0.717, 1.165) is 48.8 Å². The third kappa shape index (κ3) is 4.16. The minimum atomic E-state index is -0.728. The minimum absolute atomic E-state index is 0.331. The lowest BCUT2D eigenvalue weighted by atomic mass is 9.77. The van der Waals surface area contributed by atoms with Gasteiger partial charge in [-0.1, -0.05) is 41.9 Å². The molecule has 0 bridgehead atoms. The van der Waals surface area contributed by atoms with Gasteiger partial charge in [0.2, 0.25) is 0 Å². The maximum atomic E-state index is 11.0. The molecule has 124 valence electrons. The summed E-state index contributed by atoms with van der Waals surface area (Å²) in [5.41, 5.74) is 0.306. The van der Waals surface area contributed by atoms with Gasteiger partial charge in [0.05, 0.1) is 9.94 Å². The monoisotopic (exact) mass is 349 g/mol. The van der Waals surface area contributed by atoms with Gasteiger partial charge in [-0.05, 0) is 62.9 Å². The minimum Gasteiger partial charge on any atom is -0.385 e. The molecule has 1 atom stereocenters. The average molecular weight is 350 g/mol. The Morgan fingerprint density at radius 2 is 1.87 bits per heavy atom. The number of hydrogen-bond acceptors (Lipinski definition) is 3. The largest absolute Gasteiger partial charge is 0.385 e. The Morgan fingerprint density at radius 3 is 2.48 bits per heavy atom. The van der Waals surface area contributed by atoms with Gasteiger partial charge in [-0.15, -0.1) is 11.3 Å². The molecular formula is C19H24ClNOS. The van der Waals surface area contributed by atoms with E-state index in [9.17, 15) is 5.11 Å². The van der Waals surface area contributed by atoms with Crippen molar-refractivity contribution in [2.24, 2.45) is 5.92 Å². The van der Waals surface area contributed by atoms with Crippen LogP contribution in [0.2, 0.25) is 4.34 Å². The summed E-state index contributed by atoms with van der Waals surface area (Å²) in [7, 11) is 0. The molecule has 23 heavy (non-hydrogen) atoms. The third-order valence-electron chi connectivity index (χ3n) is 5.04. The molecule has 1 aliphatic heterocycles. The summed E-state index contributed by atoms with van der Waals surface area (Å²) < 4.78 is 0.873. The number of aliphatic hydroxyl groups is 1. The molecule has 3 rings (SSSR count). The number of hydrogen-bond donors (Lipinski definition) is 1. The summed E-state index contributed by atoms with van der Waals surface area (Å²) in [6.45, 7) is 5.17. The van der Waals surface area contributed by atoms with Gasteiger partial charge in [-0.25, -0.2) is 0 Å². The fourth-order valence-corrected chi connectivity index (χ4v) is 4.56. The number of piperidine rings is 1. The fourth-order valence-electron chi connectivity index (χ4n) is 3.48. The molecule has 1 N–H and O–H groups in total. The Balaban J connectivity index is 1.52. The molecule has 0 aliphatic carbocycles. The van der Waals surface area contributed by atoms with E-state index in [1.165, 1.54) is 4.88 Å². The van der Waals surface area contributed by atoms with Crippen molar-refractivity contribution in [3.05, 3.63) is 57.2 Å². The van der Waals surface area contributed by atoms with Crippen molar-refractivity contribution in [2.75, 3.05) is 19.6 Å². The number of thiophene rings is 1. The molecular weight excluding hydrogens is 326 g/mol. The van der Waals surface area contributed by atoms with Gasteiger partial charge in [-0.2, -0.15) is 0 Å². The van der Waals surface area contributed by atoms with E-state index in [2.05, 4.69) is 11.0 Å². The highest BCUT2D eigenvalue weighted by molar-refractivity contribution is 7.16. The summed E-state index contributed by atoms with van der Waals surface area (Å²) in [5, 5.41) is 11.0. The second kappa shape index (κ2) is 7.35. The first-order valence-electron chi connectivity index (χ1n) is 8.30. The molecule has 1 fully saturated rings. The number of rotatable bonds is 5. The van der Waals surface area contributed by atoms with Crippen molar-refractivity contribution in [1.82, 2.24) is 4.90 Å². The van der Waals surface area contributed by atoms with Gasteiger partial charge in [-0.3, -0.25) is 0 Å². The number of likely N-dealkylation sites (tertiary alicyclic amines) is 1. The molecule has 0 spiro atoms. The molecule has 1 aliphatic rings. The lowest BCUT2D eigenvalue weighted by molar-refractivity contribution is -0.0328. The van der Waals surface area contributed by atoms with Crippen LogP contribution in [0.15, 0.2) is 42.5 Å². The maximum absolute atomic E-state index is 11.0. The molecule has 0 saturated carbocycles. The van der Waals surface area contributed by atoms with Crippen LogP contribution in [0.3, 0.4) is 0 Å². The van der Waals surface area contributed by atoms with Gasteiger partial charge in [0, 0.05) is 11.4 Å². The lowest BCUT2D eigenvalue weighted by Gasteiger charge is -2.40. The van der Waals surface area contributed by atoms with Gasteiger partial charge in [0.25, 0.3) is 0 Å². The number of benzene rings is 1. The highest BCUT2D eigenvalue weighted by Gasteiger charge is 2.35. The standard InChI is InChI=1S/C19H24ClNOS/c1-19(22,15-5-3-2-4-6-15)16-9-12-21(13-10-16)14-11-17-7-8-18(20)23-17/h2-8,16,22H,9-14H2,1H3. The first-order valence-corrected chi connectivity index (χ1v) is 9.49. The van der Waals surface area contributed by atoms with Gasteiger partial charge in [0.15, 0.2) is 0 Å². The van der Waals surface area contributed by atoms with Crippen molar-refractivity contribution in [2.45, 2.75) is 31.8 Å². The predicted molar refractivity (Wildman–Crippen MR) is 98.2 cm³/mol. The number of halogens is 1. The molecule has 2 nitrogen and oxygen atoms in total. The summed E-state index contributed by atoms with van der Waals surface area (Å²) in [6.07, 6.45) is 3.16. The summed E-state index contributed by atoms with van der Waals surface area (Å²) in [4.78, 5) is 3.86. The van der Waals surface area contributed by atoms with E-state index in [0.29, 0.717) is 5.92 Å². The molecule has 0 amide bonds. The molecule has 1 saturated heterocycles. The molecule has 1 aromatic carbocycles. The Hall–Kier alpha value is -0.870. The Kier molecular flexibility index (Phi) is 5.42. The Labute approximate surface area is 147 Å². The van der Waals surface area contributed by atoms with Crippen LogP contribution >= 0.6 is 22.9 Å². The van der Waals surface area contributed by atoms with Crippen LogP contribution in [-0.4, -0.2) is 29.6 Å². The Morgan fingerprint density at radius 1 is 1.17 bits per heavy atom. The normalized spacial score (nSPS) is 19.6. The van der Waals surface area contributed by atoms with Crippen LogP contribution in [0.25, 0.3) is 0 Å². The van der Waals surface area contributed by atoms with E-state index in [1.807, 2.05) is 43.3 Å². The first kappa shape index (κ1) is 17.0. The van der Waals surface area contributed by atoms with Crippen LogP contribution < -0.4 is 0 Å². The van der Waals surface area contributed by atoms with Crippen molar-refractivity contribution in [1.29, 1.82) is 0 Å². The molecule has 2 heterocycles. The van der Waals surface area contributed by atoms with Crippen molar-refractivity contribution >= 4 is 22.9 Å². The average Bonchev–Trinajstić information content (AvgIpc) is 3.00. The molecule has 2 aromatic rings. The van der Waals surface area contributed by atoms with E-state index >= 15 is 0 Å². The van der Waals surface area contributed by atoms with E-state index in [1.54, 1.807) is 11.3 Å². The summed E-state index contributed by atoms with van der Waals surface area (Å²) in [5.74, 6) is 0.331. The highest BCUT2D eigenvalue weighted by atomic mass is 35.5. The van der Waals surface area contributed by atoms with Crippen LogP contribution in [0, 0.1) is 5.92 Å². The van der Waals surface area contributed by atoms with Crippen molar-refractivity contribution < 1.29 is 5.11 Å². The molecule has 0 radical (unpaired) electrons. The molecule has 4 heteroatoms. The van der Waals surface area contributed by atoms with E-state index < -0.39 is 5.60 Å². The Bertz CT molecular complexity index is 617. The maximum Gasteiger partial charge on any atom is 0.0931 e. The van der Waals surface area contributed by atoms with Crippen LogP contribution in [0.4, 0.5) is 0 Å². The second-order valence-corrected chi connectivity index (χ2v) is 8.38. The van der Waals surface area contributed by atoms with Gasteiger partial charge < -0.3 is 10.0 Å². The lowest BCUT2D eigenvalue weighted by Crippen LogP contribution is -2.42. The highest BCUT2D eigenvalue weighted by Crippen LogP contribution is 2.36. The molecule has 1 aromatic heterocycles. The predicted octanol–water partition coefficient (Wildman–Crippen LogP) is 4.56. The van der Waals surface area contributed by atoms with Crippen molar-refractivity contribution in [3.63, 3.8) is 0 Å². The van der Waals surface area contributed by atoms with Crippen LogP contribution in [-0.2, 0) is 12.0 Å². The summed E-state index contributed by atoms with van der Waals surface area (Å²) >= 11 is 7.66. The van der Waals surface area contributed by atoms with E-state index in [-0.39, 0.29) is 0 Å². The van der Waals surface area contributed by atoms with Crippen molar-refractivity contribution in [3.8, 4) is 0 Å². The number of nitrogens with zero attached hydrogens (tertiary/aromatic N) is 1. The molecule has 1 unspecified atom stereocenters. The first-order chi connectivity index (χ1) is 11.1. The van der Waals surface area contributed by atoms with Gasteiger partial charge in [0.1, 0.15) is 0 Å². The summed E-state index contributed by atoms with van der Waals surface area (Å²) in [6, 6.07) is 14.2. The SMILES string of the molecule is CC(O)(c1ccccc1)C1CCN(CCc2ccc(Cl)s2)CC1. The zero-order chi connectivity index (χ0) is 16.3. The van der Waals surface area contributed by atoms with E-state index in [4.69, 9.17) is 11.6 Å². The fraction of sp³-hybridized carbons (Fsp3) is 0.474. The third-order valence-corrected chi connectivity index (χ3v) is 6.33. The zero-order valence-electron chi connectivity index (χ0n) is 13.5. The zero-order valence-corrected chi connectivity index (χ0v) is 15.1. The quantitative estimate of drug-likeness (QED) is 0.855. The smallest absolute Gasteiger partial charge is 0.0931 e. The second-order valence-electron chi connectivity index (χ2n) is 6.59. The van der Waals surface area contributed by atoms with Crippen LogP contribution in [0.1, 0.15) is 30.2 Å². The van der Waals surface area contributed by atoms with Gasteiger partial charge >= 0.3 is 0 Å². The van der Waals surface area contributed by atoms with Crippen LogP contribution in [0.5, 0.6) is 0 Å².